The van der Waals surface area contributed by atoms with Crippen LogP contribution in [0.5, 0.6) is 0 Å². The highest BCUT2D eigenvalue weighted by atomic mass is 15.0. The predicted molar refractivity (Wildman–Crippen MR) is 83.7 cm³/mol. The molecule has 1 saturated heterocycles. The predicted octanol–water partition coefficient (Wildman–Crippen LogP) is 3.32. The van der Waals surface area contributed by atoms with Gasteiger partial charge in [-0.25, -0.2) is 0 Å². The first-order valence-electron chi connectivity index (χ1n) is 9.20. The van der Waals surface area contributed by atoms with E-state index in [0.717, 1.165) is 29.8 Å². The van der Waals surface area contributed by atoms with Crippen molar-refractivity contribution in [3.8, 4) is 0 Å². The van der Waals surface area contributed by atoms with Crippen LogP contribution < -0.4 is 10.6 Å². The second-order valence-electron chi connectivity index (χ2n) is 8.56. The maximum atomic E-state index is 3.95. The SMILES string of the molecule is CC(NCC1CCCCN1)C12CC3CC(CC(C3)C1)C2. The van der Waals surface area contributed by atoms with Crippen LogP contribution in [0.25, 0.3) is 0 Å². The number of hydrogen-bond acceptors (Lipinski definition) is 2. The minimum atomic E-state index is 0.670. The van der Waals surface area contributed by atoms with Gasteiger partial charge in [-0.05, 0) is 88.0 Å². The third kappa shape index (κ3) is 2.43. The van der Waals surface area contributed by atoms with Gasteiger partial charge in [0.2, 0.25) is 0 Å². The van der Waals surface area contributed by atoms with Crippen molar-refractivity contribution in [3.63, 3.8) is 0 Å². The second-order valence-corrected chi connectivity index (χ2v) is 8.56. The molecule has 5 fully saturated rings. The molecule has 5 rings (SSSR count). The Morgan fingerprint density at radius 3 is 2.25 bits per heavy atom. The molecule has 4 saturated carbocycles. The Balaban J connectivity index is 1.36. The molecule has 2 unspecified atom stereocenters. The summed E-state index contributed by atoms with van der Waals surface area (Å²) >= 11 is 0. The van der Waals surface area contributed by atoms with Gasteiger partial charge in [0.25, 0.3) is 0 Å². The lowest BCUT2D eigenvalue weighted by Crippen LogP contribution is -2.56. The second kappa shape index (κ2) is 5.28. The van der Waals surface area contributed by atoms with Crippen LogP contribution in [0.3, 0.4) is 0 Å². The van der Waals surface area contributed by atoms with E-state index in [9.17, 15) is 0 Å². The normalized spacial score (nSPS) is 48.5. The lowest BCUT2D eigenvalue weighted by atomic mass is 9.48. The minimum Gasteiger partial charge on any atom is -0.313 e. The van der Waals surface area contributed by atoms with Crippen LogP contribution in [0.4, 0.5) is 0 Å². The molecule has 0 aromatic carbocycles. The third-order valence-corrected chi connectivity index (χ3v) is 7.09. The smallest absolute Gasteiger partial charge is 0.0192 e. The van der Waals surface area contributed by atoms with Gasteiger partial charge >= 0.3 is 0 Å². The molecule has 2 nitrogen and oxygen atoms in total. The van der Waals surface area contributed by atoms with Gasteiger partial charge in [-0.3, -0.25) is 0 Å². The summed E-state index contributed by atoms with van der Waals surface area (Å²) in [6.07, 6.45) is 13.5. The van der Waals surface area contributed by atoms with Crippen LogP contribution in [0.1, 0.15) is 64.7 Å². The zero-order valence-corrected chi connectivity index (χ0v) is 13.2. The Hall–Kier alpha value is -0.0800. The Bertz CT molecular complexity index is 310. The molecule has 2 heteroatoms. The molecule has 4 bridgehead atoms. The van der Waals surface area contributed by atoms with Gasteiger partial charge < -0.3 is 10.6 Å². The van der Waals surface area contributed by atoms with Gasteiger partial charge in [0.15, 0.2) is 0 Å². The van der Waals surface area contributed by atoms with E-state index < -0.39 is 0 Å². The zero-order chi connectivity index (χ0) is 13.6. The number of nitrogens with one attached hydrogen (secondary N) is 2. The molecule has 0 aromatic heterocycles. The van der Waals surface area contributed by atoms with Crippen molar-refractivity contribution < 1.29 is 0 Å². The maximum absolute atomic E-state index is 3.95. The van der Waals surface area contributed by atoms with Crippen molar-refractivity contribution in [1.82, 2.24) is 10.6 Å². The highest BCUT2D eigenvalue weighted by Gasteiger charge is 2.52. The van der Waals surface area contributed by atoms with E-state index in [0.29, 0.717) is 5.41 Å². The van der Waals surface area contributed by atoms with E-state index in [-0.39, 0.29) is 0 Å². The van der Waals surface area contributed by atoms with Crippen molar-refractivity contribution in [2.45, 2.75) is 76.8 Å². The van der Waals surface area contributed by atoms with E-state index in [1.807, 2.05) is 0 Å². The quantitative estimate of drug-likeness (QED) is 0.823. The highest BCUT2D eigenvalue weighted by molar-refractivity contribution is 5.05. The van der Waals surface area contributed by atoms with Gasteiger partial charge in [-0.2, -0.15) is 0 Å². The molecule has 0 spiro atoms. The summed E-state index contributed by atoms with van der Waals surface area (Å²) in [5.41, 5.74) is 0.670. The molecule has 0 aromatic rings. The summed E-state index contributed by atoms with van der Waals surface area (Å²) in [7, 11) is 0. The molecule has 4 aliphatic carbocycles. The van der Waals surface area contributed by atoms with Crippen molar-refractivity contribution in [3.05, 3.63) is 0 Å². The summed E-state index contributed by atoms with van der Waals surface area (Å²) < 4.78 is 0. The molecule has 1 aliphatic heterocycles. The van der Waals surface area contributed by atoms with Crippen LogP contribution in [0, 0.1) is 23.2 Å². The van der Waals surface area contributed by atoms with Gasteiger partial charge in [0, 0.05) is 18.6 Å². The van der Waals surface area contributed by atoms with Crippen LogP contribution in [-0.2, 0) is 0 Å². The van der Waals surface area contributed by atoms with E-state index in [4.69, 9.17) is 0 Å². The first kappa shape index (κ1) is 13.6. The van der Waals surface area contributed by atoms with Gasteiger partial charge in [-0.1, -0.05) is 6.42 Å². The van der Waals surface area contributed by atoms with E-state index in [1.165, 1.54) is 51.6 Å². The minimum absolute atomic E-state index is 0.670. The van der Waals surface area contributed by atoms with Crippen molar-refractivity contribution in [2.24, 2.45) is 23.2 Å². The molecular weight excluding hydrogens is 244 g/mol. The zero-order valence-electron chi connectivity index (χ0n) is 13.2. The van der Waals surface area contributed by atoms with Gasteiger partial charge in [-0.15, -0.1) is 0 Å². The summed E-state index contributed by atoms with van der Waals surface area (Å²) in [6.45, 7) is 4.93. The van der Waals surface area contributed by atoms with Gasteiger partial charge in [0.1, 0.15) is 0 Å². The fraction of sp³-hybridized carbons (Fsp3) is 1.00. The van der Waals surface area contributed by atoms with E-state index in [2.05, 4.69) is 17.6 Å². The van der Waals surface area contributed by atoms with Crippen LogP contribution in [0.2, 0.25) is 0 Å². The molecule has 5 aliphatic rings. The van der Waals surface area contributed by atoms with Crippen molar-refractivity contribution in [1.29, 1.82) is 0 Å². The topological polar surface area (TPSA) is 24.1 Å². The molecule has 114 valence electrons. The molecule has 2 N–H and O–H groups in total. The summed E-state index contributed by atoms with van der Waals surface area (Å²) in [4.78, 5) is 0. The van der Waals surface area contributed by atoms with Gasteiger partial charge in [0.05, 0.1) is 0 Å². The van der Waals surface area contributed by atoms with Crippen LogP contribution in [-0.4, -0.2) is 25.2 Å². The Kier molecular flexibility index (Phi) is 3.58. The first-order chi connectivity index (χ1) is 9.73. The molecule has 1 heterocycles. The maximum Gasteiger partial charge on any atom is 0.0192 e. The van der Waals surface area contributed by atoms with E-state index >= 15 is 0 Å². The lowest BCUT2D eigenvalue weighted by Gasteiger charge is -2.59. The fourth-order valence-corrected chi connectivity index (χ4v) is 6.34. The monoisotopic (exact) mass is 276 g/mol. The Morgan fingerprint density at radius 2 is 1.70 bits per heavy atom. The van der Waals surface area contributed by atoms with Crippen LogP contribution in [0.15, 0.2) is 0 Å². The average molecular weight is 276 g/mol. The molecule has 2 atom stereocenters. The van der Waals surface area contributed by atoms with Crippen molar-refractivity contribution >= 4 is 0 Å². The summed E-state index contributed by atoms with van der Waals surface area (Å²) in [5, 5.41) is 7.63. The first-order valence-corrected chi connectivity index (χ1v) is 9.20. The van der Waals surface area contributed by atoms with Crippen molar-refractivity contribution in [2.75, 3.05) is 13.1 Å². The molecule has 20 heavy (non-hydrogen) atoms. The Morgan fingerprint density at radius 1 is 1.05 bits per heavy atom. The highest BCUT2D eigenvalue weighted by Crippen LogP contribution is 2.61. The average Bonchev–Trinajstić information content (AvgIpc) is 2.44. The number of hydrogen-bond donors (Lipinski definition) is 2. The summed E-state index contributed by atoms with van der Waals surface area (Å²) in [5.74, 6) is 3.25. The standard InChI is InChI=1S/C18H32N2/c1-13(20-12-17-4-2-3-5-19-17)18-9-14-6-15(10-18)8-16(7-14)11-18/h13-17,19-20H,2-12H2,1H3. The van der Waals surface area contributed by atoms with Crippen LogP contribution >= 0.6 is 0 Å². The lowest BCUT2D eigenvalue weighted by molar-refractivity contribution is -0.0706. The molecule has 0 radical (unpaired) electrons. The number of piperidine rings is 1. The molecular formula is C18H32N2. The van der Waals surface area contributed by atoms with E-state index in [1.54, 1.807) is 19.3 Å². The Labute approximate surface area is 124 Å². The third-order valence-electron chi connectivity index (χ3n) is 7.09. The largest absolute Gasteiger partial charge is 0.313 e. The molecule has 0 amide bonds. The number of rotatable bonds is 4. The fourth-order valence-electron chi connectivity index (χ4n) is 6.34. The summed E-state index contributed by atoms with van der Waals surface area (Å²) in [6, 6.07) is 1.47.